The van der Waals surface area contributed by atoms with Gasteiger partial charge >= 0.3 is 0 Å². The predicted molar refractivity (Wildman–Crippen MR) is 52.2 cm³/mol. The summed E-state index contributed by atoms with van der Waals surface area (Å²) in [5, 5.41) is 37.7. The minimum Gasteiger partial charge on any atom is -0.509 e. The topological polar surface area (TPSA) is 98.0 Å². The van der Waals surface area contributed by atoms with Gasteiger partial charge in [-0.2, -0.15) is 0 Å². The first-order valence-corrected chi connectivity index (χ1v) is 4.56. The van der Waals surface area contributed by atoms with Gasteiger partial charge in [0.25, 0.3) is 0 Å². The predicted octanol–water partition coefficient (Wildman–Crippen LogP) is 0.201. The zero-order valence-corrected chi connectivity index (χ0v) is 8.51. The molecule has 0 bridgehead atoms. The van der Waals surface area contributed by atoms with Crippen molar-refractivity contribution in [1.82, 2.24) is 0 Å². The van der Waals surface area contributed by atoms with Crippen molar-refractivity contribution in [3.63, 3.8) is 0 Å². The molecule has 2 atom stereocenters. The highest BCUT2D eigenvalue weighted by Crippen LogP contribution is 2.28. The molecule has 0 saturated carbocycles. The van der Waals surface area contributed by atoms with Gasteiger partial charge in [-0.05, 0) is 6.08 Å². The molecule has 0 aliphatic heterocycles. The summed E-state index contributed by atoms with van der Waals surface area (Å²) in [7, 11) is 0. The molecule has 0 aromatic carbocycles. The number of aliphatic hydroxyl groups is 4. The zero-order valence-electron chi connectivity index (χ0n) is 8.51. The van der Waals surface area contributed by atoms with Crippen LogP contribution in [0, 0.1) is 5.92 Å². The van der Waals surface area contributed by atoms with Crippen molar-refractivity contribution in [3.05, 3.63) is 23.7 Å². The molecule has 0 radical (unpaired) electrons. The molecule has 84 valence electrons. The van der Waals surface area contributed by atoms with Crippen LogP contribution >= 0.6 is 0 Å². The van der Waals surface area contributed by atoms with Gasteiger partial charge in [0.15, 0.2) is 17.5 Å². The van der Waals surface area contributed by atoms with Gasteiger partial charge in [0.05, 0.1) is 0 Å². The fourth-order valence-corrected chi connectivity index (χ4v) is 1.47. The van der Waals surface area contributed by atoms with Gasteiger partial charge in [-0.15, -0.1) is 0 Å². The average molecular weight is 214 g/mol. The molecule has 4 N–H and O–H groups in total. The second-order valence-electron chi connectivity index (χ2n) is 3.89. The van der Waals surface area contributed by atoms with E-state index in [2.05, 4.69) is 0 Å². The molecule has 1 aliphatic rings. The Morgan fingerprint density at radius 2 is 2.00 bits per heavy atom. The number of Topliss-reactive ketones (excluding diaryl/α,β-unsaturated/α-hetero) is 1. The van der Waals surface area contributed by atoms with E-state index in [1.165, 1.54) is 0 Å². The van der Waals surface area contributed by atoms with E-state index in [1.54, 1.807) is 13.8 Å². The maximum atomic E-state index is 11.6. The van der Waals surface area contributed by atoms with E-state index < -0.39 is 34.9 Å². The van der Waals surface area contributed by atoms with Gasteiger partial charge in [0.1, 0.15) is 11.5 Å². The van der Waals surface area contributed by atoms with E-state index in [0.717, 1.165) is 12.2 Å². The Bertz CT molecular complexity index is 342. The van der Waals surface area contributed by atoms with E-state index >= 15 is 0 Å². The third-order valence-corrected chi connectivity index (χ3v) is 2.28. The number of rotatable bonds is 2. The monoisotopic (exact) mass is 214 g/mol. The Labute approximate surface area is 87.0 Å². The highest BCUT2D eigenvalue weighted by Gasteiger charge is 2.46. The van der Waals surface area contributed by atoms with Crippen LogP contribution in [0.5, 0.6) is 0 Å². The van der Waals surface area contributed by atoms with Crippen LogP contribution in [-0.4, -0.2) is 37.9 Å². The van der Waals surface area contributed by atoms with Crippen molar-refractivity contribution in [3.8, 4) is 0 Å². The number of hydrogen-bond acceptors (Lipinski definition) is 5. The zero-order chi connectivity index (χ0) is 11.8. The molecule has 0 amide bonds. The highest BCUT2D eigenvalue weighted by molar-refractivity contribution is 5.92. The van der Waals surface area contributed by atoms with Crippen LogP contribution < -0.4 is 0 Å². The first-order valence-electron chi connectivity index (χ1n) is 4.56. The van der Waals surface area contributed by atoms with Crippen LogP contribution in [0.4, 0.5) is 0 Å². The average Bonchev–Trinajstić information content (AvgIpc) is 2.12. The van der Waals surface area contributed by atoms with Crippen molar-refractivity contribution in [2.24, 2.45) is 5.92 Å². The third kappa shape index (κ3) is 1.88. The molecule has 0 saturated heterocycles. The van der Waals surface area contributed by atoms with Crippen LogP contribution in [0.1, 0.15) is 13.8 Å². The molecule has 0 heterocycles. The maximum Gasteiger partial charge on any atom is 0.178 e. The Balaban J connectivity index is 3.14. The van der Waals surface area contributed by atoms with Crippen molar-refractivity contribution in [2.45, 2.75) is 25.6 Å². The van der Waals surface area contributed by atoms with Crippen LogP contribution in [0.3, 0.4) is 0 Å². The standard InChI is InChI=1S/C10H14O5/c1-5(2)8(13)10(15)4-6(11)3-7(12)9(10)14/h3-5,9,11-12,14-15H,1-2H3. The summed E-state index contributed by atoms with van der Waals surface area (Å²) in [4.78, 5) is 11.6. The normalized spacial score (nSPS) is 31.1. The number of ketones is 1. The van der Waals surface area contributed by atoms with Gasteiger partial charge in [0.2, 0.25) is 0 Å². The van der Waals surface area contributed by atoms with E-state index in [1.807, 2.05) is 0 Å². The van der Waals surface area contributed by atoms with E-state index in [0.29, 0.717) is 0 Å². The molecule has 1 rings (SSSR count). The first-order chi connectivity index (χ1) is 6.79. The SMILES string of the molecule is CC(C)C(=O)C1(O)C=C(O)C=C(O)C1O. The minimum absolute atomic E-state index is 0.450. The highest BCUT2D eigenvalue weighted by atomic mass is 16.4. The lowest BCUT2D eigenvalue weighted by Gasteiger charge is -2.32. The molecule has 0 fully saturated rings. The quantitative estimate of drug-likeness (QED) is 0.526. The van der Waals surface area contributed by atoms with Crippen LogP contribution in [0.25, 0.3) is 0 Å². The number of hydrogen-bond donors (Lipinski definition) is 4. The summed E-state index contributed by atoms with van der Waals surface area (Å²) in [6.45, 7) is 3.10. The van der Waals surface area contributed by atoms with E-state index in [4.69, 9.17) is 5.11 Å². The Morgan fingerprint density at radius 1 is 1.47 bits per heavy atom. The molecular weight excluding hydrogens is 200 g/mol. The van der Waals surface area contributed by atoms with Crippen molar-refractivity contribution < 1.29 is 25.2 Å². The Morgan fingerprint density at radius 3 is 2.47 bits per heavy atom. The lowest BCUT2D eigenvalue weighted by molar-refractivity contribution is -0.146. The molecule has 5 nitrogen and oxygen atoms in total. The summed E-state index contributed by atoms with van der Waals surface area (Å²) < 4.78 is 0. The summed E-state index contributed by atoms with van der Waals surface area (Å²) >= 11 is 0. The number of aliphatic hydroxyl groups excluding tert-OH is 3. The second kappa shape index (κ2) is 3.67. The molecule has 0 aromatic heterocycles. The lowest BCUT2D eigenvalue weighted by atomic mass is 9.82. The van der Waals surface area contributed by atoms with Crippen LogP contribution in [0.2, 0.25) is 0 Å². The fraction of sp³-hybridized carbons (Fsp3) is 0.500. The second-order valence-corrected chi connectivity index (χ2v) is 3.89. The van der Waals surface area contributed by atoms with Gasteiger partial charge in [-0.3, -0.25) is 4.79 Å². The lowest BCUT2D eigenvalue weighted by Crippen LogP contribution is -2.52. The number of allylic oxidation sites excluding steroid dienone is 1. The largest absolute Gasteiger partial charge is 0.509 e. The fourth-order valence-electron chi connectivity index (χ4n) is 1.47. The molecule has 2 unspecified atom stereocenters. The van der Waals surface area contributed by atoms with Crippen LogP contribution in [0.15, 0.2) is 23.7 Å². The van der Waals surface area contributed by atoms with Crippen molar-refractivity contribution in [2.75, 3.05) is 0 Å². The van der Waals surface area contributed by atoms with E-state index in [9.17, 15) is 20.1 Å². The molecular formula is C10H14O5. The third-order valence-electron chi connectivity index (χ3n) is 2.28. The molecule has 15 heavy (non-hydrogen) atoms. The van der Waals surface area contributed by atoms with Gasteiger partial charge in [-0.25, -0.2) is 0 Å². The Hall–Kier alpha value is -1.33. The van der Waals surface area contributed by atoms with E-state index in [-0.39, 0.29) is 0 Å². The first kappa shape index (κ1) is 11.7. The molecule has 0 aromatic rings. The van der Waals surface area contributed by atoms with Crippen molar-refractivity contribution >= 4 is 5.78 Å². The minimum atomic E-state index is -2.25. The summed E-state index contributed by atoms with van der Waals surface area (Å²) in [5.41, 5.74) is -2.25. The smallest absolute Gasteiger partial charge is 0.178 e. The summed E-state index contributed by atoms with van der Waals surface area (Å²) in [6.07, 6.45) is -0.0183. The Kier molecular flexibility index (Phi) is 2.88. The van der Waals surface area contributed by atoms with Crippen LogP contribution in [-0.2, 0) is 4.79 Å². The van der Waals surface area contributed by atoms with Crippen molar-refractivity contribution in [1.29, 1.82) is 0 Å². The maximum absolute atomic E-state index is 11.6. The summed E-state index contributed by atoms with van der Waals surface area (Å²) in [6, 6.07) is 0. The molecule has 5 heteroatoms. The number of carbonyl (C=O) groups is 1. The van der Waals surface area contributed by atoms with Gasteiger partial charge in [0, 0.05) is 12.0 Å². The molecule has 0 spiro atoms. The molecule has 1 aliphatic carbocycles. The van der Waals surface area contributed by atoms with Gasteiger partial charge in [-0.1, -0.05) is 13.8 Å². The number of carbonyl (C=O) groups excluding carboxylic acids is 1. The summed E-state index contributed by atoms with van der Waals surface area (Å²) in [5.74, 6) is -2.28. The van der Waals surface area contributed by atoms with Gasteiger partial charge < -0.3 is 20.4 Å².